The van der Waals surface area contributed by atoms with Crippen LogP contribution in [0.15, 0.2) is 9.59 Å². The van der Waals surface area contributed by atoms with Crippen LogP contribution in [0, 0.1) is 0 Å². The Morgan fingerprint density at radius 1 is 0.867 bits per heavy atom. The van der Waals surface area contributed by atoms with Gasteiger partial charge in [-0.1, -0.05) is 20.8 Å². The third-order valence-corrected chi connectivity index (χ3v) is 2.02. The van der Waals surface area contributed by atoms with E-state index in [0.717, 1.165) is 0 Å². The Morgan fingerprint density at radius 3 is 1.67 bits per heavy atom. The van der Waals surface area contributed by atoms with Gasteiger partial charge in [0.25, 0.3) is 5.43 Å². The van der Waals surface area contributed by atoms with E-state index in [1.807, 2.05) is 41.5 Å². The molecule has 0 unspecified atom stereocenters. The minimum atomic E-state index is -0.491. The summed E-state index contributed by atoms with van der Waals surface area (Å²) < 4.78 is 5.50. The zero-order valence-electron chi connectivity index (χ0n) is 10.2. The first-order valence-corrected chi connectivity index (χ1v) is 5.07. The molecule has 0 aliphatic rings. The monoisotopic (exact) mass is 210 g/mol. The highest BCUT2D eigenvalue weighted by Gasteiger charge is 2.33. The molecule has 1 rings (SSSR count). The maximum absolute atomic E-state index is 11.4. The molecule has 0 heterocycles. The molecule has 1 aromatic rings. The molecule has 0 aliphatic heterocycles. The van der Waals surface area contributed by atoms with Gasteiger partial charge in [-0.2, -0.15) is 0 Å². The Balaban J connectivity index is 3.18. The van der Waals surface area contributed by atoms with E-state index in [2.05, 4.69) is 0 Å². The Morgan fingerprint density at radius 2 is 1.33 bits per heavy atom. The average Bonchev–Trinajstić information content (AvgIpc) is 1.98. The Hall–Kier alpha value is -1.12. The SMILES string of the molecule is CC(C)(C)Oc1c(C(C)(C)C)c(=O)c1=O. The van der Waals surface area contributed by atoms with Crippen molar-refractivity contribution in [1.29, 1.82) is 0 Å². The first kappa shape index (κ1) is 12.0. The second-order valence-electron chi connectivity index (χ2n) is 5.83. The Bertz CT molecular complexity index is 434. The highest BCUT2D eigenvalue weighted by Crippen LogP contribution is 2.29. The van der Waals surface area contributed by atoms with Gasteiger partial charge in [-0.05, 0) is 26.2 Å². The average molecular weight is 210 g/mol. The van der Waals surface area contributed by atoms with Crippen LogP contribution in [0.3, 0.4) is 0 Å². The molecule has 0 aliphatic carbocycles. The first-order valence-electron chi connectivity index (χ1n) is 5.07. The van der Waals surface area contributed by atoms with Crippen LogP contribution in [0.2, 0.25) is 0 Å². The number of hydrogen-bond donors (Lipinski definition) is 0. The lowest BCUT2D eigenvalue weighted by Gasteiger charge is -2.28. The topological polar surface area (TPSA) is 43.4 Å². The molecule has 0 aromatic heterocycles. The number of ether oxygens (including phenoxy) is 1. The summed E-state index contributed by atoms with van der Waals surface area (Å²) in [6, 6.07) is 0. The quantitative estimate of drug-likeness (QED) is 0.663. The Labute approximate surface area is 89.8 Å². The summed E-state index contributed by atoms with van der Waals surface area (Å²) in [5.41, 5.74) is -1.15. The predicted molar refractivity (Wildman–Crippen MR) is 60.4 cm³/mol. The molecule has 0 amide bonds. The van der Waals surface area contributed by atoms with Crippen molar-refractivity contribution in [3.8, 4) is 5.75 Å². The van der Waals surface area contributed by atoms with E-state index in [1.165, 1.54) is 0 Å². The largest absolute Gasteiger partial charge is 0.483 e. The highest BCUT2D eigenvalue weighted by atomic mass is 16.5. The van der Waals surface area contributed by atoms with Crippen molar-refractivity contribution in [2.45, 2.75) is 52.6 Å². The second kappa shape index (κ2) is 3.19. The summed E-state index contributed by atoms with van der Waals surface area (Å²) in [6.45, 7) is 11.3. The lowest BCUT2D eigenvalue weighted by molar-refractivity contribution is 0.123. The normalized spacial score (nSPS) is 13.2. The van der Waals surface area contributed by atoms with Crippen molar-refractivity contribution in [3.63, 3.8) is 0 Å². The predicted octanol–water partition coefficient (Wildman–Crippen LogP) is 1.76. The maximum atomic E-state index is 11.4. The van der Waals surface area contributed by atoms with Gasteiger partial charge >= 0.3 is 0 Å². The zero-order valence-corrected chi connectivity index (χ0v) is 10.2. The molecule has 3 heteroatoms. The summed E-state index contributed by atoms with van der Waals surface area (Å²) in [6.07, 6.45) is 0. The van der Waals surface area contributed by atoms with E-state index in [4.69, 9.17) is 4.74 Å². The third-order valence-electron chi connectivity index (χ3n) is 2.02. The fourth-order valence-corrected chi connectivity index (χ4v) is 1.46. The molecule has 3 nitrogen and oxygen atoms in total. The minimum absolute atomic E-state index is 0.250. The van der Waals surface area contributed by atoms with Gasteiger partial charge in [0, 0.05) is 0 Å². The summed E-state index contributed by atoms with van der Waals surface area (Å²) in [7, 11) is 0. The molecule has 1 aromatic carbocycles. The van der Waals surface area contributed by atoms with Crippen LogP contribution < -0.4 is 15.6 Å². The van der Waals surface area contributed by atoms with E-state index in [0.29, 0.717) is 5.56 Å². The Kier molecular flexibility index (Phi) is 2.54. The molecule has 0 spiro atoms. The van der Waals surface area contributed by atoms with E-state index in [1.54, 1.807) is 0 Å². The summed E-state index contributed by atoms with van der Waals surface area (Å²) in [5.74, 6) is 0.250. The van der Waals surface area contributed by atoms with Crippen LogP contribution in [0.4, 0.5) is 0 Å². The van der Waals surface area contributed by atoms with Gasteiger partial charge in [0.1, 0.15) is 5.60 Å². The first-order chi connectivity index (χ1) is 6.54. The molecule has 0 saturated heterocycles. The van der Waals surface area contributed by atoms with Gasteiger partial charge in [-0.3, -0.25) is 9.59 Å². The minimum Gasteiger partial charge on any atom is -0.483 e. The van der Waals surface area contributed by atoms with E-state index >= 15 is 0 Å². The molecule has 15 heavy (non-hydrogen) atoms. The zero-order chi connectivity index (χ0) is 12.0. The number of rotatable bonds is 1. The van der Waals surface area contributed by atoms with Gasteiger partial charge in [0.05, 0.1) is 5.56 Å². The number of hydrogen-bond acceptors (Lipinski definition) is 3. The fourth-order valence-electron chi connectivity index (χ4n) is 1.46. The molecule has 0 N–H and O–H groups in total. The summed E-state index contributed by atoms with van der Waals surface area (Å²) in [4.78, 5) is 22.8. The van der Waals surface area contributed by atoms with E-state index in [9.17, 15) is 9.59 Å². The molecule has 84 valence electrons. The molecular formula is C12H18O3. The third kappa shape index (κ3) is 2.28. The standard InChI is InChI=1S/C12H18O3/c1-11(2,3)7-8(13)9(14)10(7)15-12(4,5)6/h1-6H3. The maximum Gasteiger partial charge on any atom is 0.268 e. The van der Waals surface area contributed by atoms with Crippen molar-refractivity contribution in [3.05, 3.63) is 26.0 Å². The van der Waals surface area contributed by atoms with Crippen LogP contribution in [0.1, 0.15) is 47.1 Å². The van der Waals surface area contributed by atoms with Crippen molar-refractivity contribution in [2.24, 2.45) is 0 Å². The molecule has 0 atom stereocenters. The van der Waals surface area contributed by atoms with Gasteiger partial charge in [-0.15, -0.1) is 0 Å². The van der Waals surface area contributed by atoms with Crippen molar-refractivity contribution in [2.75, 3.05) is 0 Å². The smallest absolute Gasteiger partial charge is 0.268 e. The van der Waals surface area contributed by atoms with Crippen molar-refractivity contribution in [1.82, 2.24) is 0 Å². The van der Waals surface area contributed by atoms with Crippen LogP contribution in [0.5, 0.6) is 5.75 Å². The van der Waals surface area contributed by atoms with Crippen molar-refractivity contribution < 1.29 is 4.74 Å². The fraction of sp³-hybridized carbons (Fsp3) is 0.667. The lowest BCUT2D eigenvalue weighted by Crippen LogP contribution is -2.44. The molecule has 0 radical (unpaired) electrons. The molecule has 0 saturated carbocycles. The van der Waals surface area contributed by atoms with Gasteiger partial charge in [0.2, 0.25) is 5.43 Å². The lowest BCUT2D eigenvalue weighted by atomic mass is 9.83. The van der Waals surface area contributed by atoms with Crippen LogP contribution >= 0.6 is 0 Å². The highest BCUT2D eigenvalue weighted by molar-refractivity contribution is 5.44. The van der Waals surface area contributed by atoms with Crippen LogP contribution in [0.25, 0.3) is 0 Å². The molecular weight excluding hydrogens is 192 g/mol. The van der Waals surface area contributed by atoms with Gasteiger partial charge < -0.3 is 4.74 Å². The molecule has 0 bridgehead atoms. The summed E-state index contributed by atoms with van der Waals surface area (Å²) >= 11 is 0. The second-order valence-corrected chi connectivity index (χ2v) is 5.83. The van der Waals surface area contributed by atoms with Gasteiger partial charge in [-0.25, -0.2) is 0 Å². The van der Waals surface area contributed by atoms with Crippen LogP contribution in [-0.4, -0.2) is 5.60 Å². The van der Waals surface area contributed by atoms with E-state index in [-0.39, 0.29) is 11.2 Å². The van der Waals surface area contributed by atoms with Crippen LogP contribution in [-0.2, 0) is 5.41 Å². The van der Waals surface area contributed by atoms with E-state index < -0.39 is 16.5 Å². The molecule has 0 fully saturated rings. The van der Waals surface area contributed by atoms with Gasteiger partial charge in [0.15, 0.2) is 5.75 Å². The van der Waals surface area contributed by atoms with Crippen molar-refractivity contribution >= 4 is 0 Å². The summed E-state index contributed by atoms with van der Waals surface area (Å²) in [5, 5.41) is 0.